The molecule has 0 N–H and O–H groups in total. The van der Waals surface area contributed by atoms with E-state index < -0.39 is 0 Å². The second kappa shape index (κ2) is 6.70. The summed E-state index contributed by atoms with van der Waals surface area (Å²) in [7, 11) is 0. The van der Waals surface area contributed by atoms with Gasteiger partial charge in [-0.3, -0.25) is 4.79 Å². The number of carbonyl (C=O) groups is 1. The standard InChI is InChI=1S/C18H17FN4O3/c1-11-9-15(21-25-11)18(24)23-8-2-3-13(10-23)17-20-16(22-26-17)12-4-6-14(19)7-5-12/h4-7,9,13H,2-3,8,10H2,1H3/t13-/m0/s1. The molecule has 1 aliphatic heterocycles. The highest BCUT2D eigenvalue weighted by Crippen LogP contribution is 2.28. The first kappa shape index (κ1) is 16.4. The minimum Gasteiger partial charge on any atom is -0.361 e. The summed E-state index contributed by atoms with van der Waals surface area (Å²) in [6.07, 6.45) is 1.69. The fraction of sp³-hybridized carbons (Fsp3) is 0.333. The van der Waals surface area contributed by atoms with E-state index in [1.54, 1.807) is 30.0 Å². The molecule has 1 amide bonds. The van der Waals surface area contributed by atoms with Gasteiger partial charge in [-0.2, -0.15) is 4.98 Å². The molecule has 0 bridgehead atoms. The molecule has 1 saturated heterocycles. The summed E-state index contributed by atoms with van der Waals surface area (Å²) in [5.74, 6) is 0.978. The highest BCUT2D eigenvalue weighted by atomic mass is 19.1. The Morgan fingerprint density at radius 1 is 1.23 bits per heavy atom. The monoisotopic (exact) mass is 356 g/mol. The van der Waals surface area contributed by atoms with Crippen LogP contribution in [0.3, 0.4) is 0 Å². The second-order valence-electron chi connectivity index (χ2n) is 6.38. The van der Waals surface area contributed by atoms with Crippen molar-refractivity contribution in [3.63, 3.8) is 0 Å². The van der Waals surface area contributed by atoms with Crippen molar-refractivity contribution in [2.45, 2.75) is 25.7 Å². The van der Waals surface area contributed by atoms with Crippen LogP contribution >= 0.6 is 0 Å². The SMILES string of the molecule is Cc1cc(C(=O)N2CCC[C@H](c3nc(-c4ccc(F)cc4)no3)C2)no1. The zero-order valence-corrected chi connectivity index (χ0v) is 14.2. The van der Waals surface area contributed by atoms with Gasteiger partial charge in [-0.25, -0.2) is 4.39 Å². The summed E-state index contributed by atoms with van der Waals surface area (Å²) in [6, 6.07) is 7.55. The third-order valence-electron chi connectivity index (χ3n) is 4.45. The molecule has 8 heteroatoms. The number of hydrogen-bond acceptors (Lipinski definition) is 6. The lowest BCUT2D eigenvalue weighted by Gasteiger charge is -2.30. The number of carbonyl (C=O) groups excluding carboxylic acids is 1. The summed E-state index contributed by atoms with van der Waals surface area (Å²) in [5.41, 5.74) is 0.990. The molecule has 1 fully saturated rings. The number of rotatable bonds is 3. The van der Waals surface area contributed by atoms with Crippen molar-refractivity contribution >= 4 is 5.91 Å². The molecule has 0 aliphatic carbocycles. The van der Waals surface area contributed by atoms with Crippen molar-refractivity contribution in [1.82, 2.24) is 20.2 Å². The molecule has 3 aromatic rings. The number of amides is 1. The molecule has 0 saturated carbocycles. The molecule has 2 aromatic heterocycles. The summed E-state index contributed by atoms with van der Waals surface area (Å²) in [4.78, 5) is 18.7. The van der Waals surface area contributed by atoms with Gasteiger partial charge in [-0.15, -0.1) is 0 Å². The van der Waals surface area contributed by atoms with Crippen LogP contribution in [0.15, 0.2) is 39.4 Å². The van der Waals surface area contributed by atoms with E-state index in [0.29, 0.717) is 41.8 Å². The maximum Gasteiger partial charge on any atom is 0.276 e. The minimum absolute atomic E-state index is 0.0394. The fourth-order valence-corrected chi connectivity index (χ4v) is 3.11. The van der Waals surface area contributed by atoms with E-state index in [0.717, 1.165) is 12.8 Å². The van der Waals surface area contributed by atoms with E-state index in [9.17, 15) is 9.18 Å². The zero-order valence-electron chi connectivity index (χ0n) is 14.2. The maximum absolute atomic E-state index is 13.0. The zero-order chi connectivity index (χ0) is 18.1. The summed E-state index contributed by atoms with van der Waals surface area (Å²) >= 11 is 0. The Labute approximate surface area is 148 Å². The predicted molar refractivity (Wildman–Crippen MR) is 88.8 cm³/mol. The van der Waals surface area contributed by atoms with Crippen LogP contribution in [-0.4, -0.2) is 39.2 Å². The Hall–Kier alpha value is -3.03. The lowest BCUT2D eigenvalue weighted by atomic mass is 9.97. The Morgan fingerprint density at radius 2 is 2.04 bits per heavy atom. The van der Waals surface area contributed by atoms with E-state index in [2.05, 4.69) is 15.3 Å². The van der Waals surface area contributed by atoms with E-state index in [1.807, 2.05) is 0 Å². The number of hydrogen-bond donors (Lipinski definition) is 0. The summed E-state index contributed by atoms with van der Waals surface area (Å²) < 4.78 is 23.4. The van der Waals surface area contributed by atoms with Gasteiger partial charge in [0.1, 0.15) is 11.6 Å². The average molecular weight is 356 g/mol. The van der Waals surface area contributed by atoms with Gasteiger partial charge in [0.05, 0.1) is 5.92 Å². The van der Waals surface area contributed by atoms with Gasteiger partial charge < -0.3 is 13.9 Å². The molecule has 0 spiro atoms. The Morgan fingerprint density at radius 3 is 2.77 bits per heavy atom. The Kier molecular flexibility index (Phi) is 4.24. The normalized spacial score (nSPS) is 17.5. The number of likely N-dealkylation sites (tertiary alicyclic amines) is 1. The largest absolute Gasteiger partial charge is 0.361 e. The number of halogens is 1. The van der Waals surface area contributed by atoms with Gasteiger partial charge >= 0.3 is 0 Å². The first-order valence-electron chi connectivity index (χ1n) is 8.42. The van der Waals surface area contributed by atoms with Crippen molar-refractivity contribution < 1.29 is 18.2 Å². The third-order valence-corrected chi connectivity index (χ3v) is 4.45. The van der Waals surface area contributed by atoms with Gasteiger partial charge in [0.2, 0.25) is 11.7 Å². The lowest BCUT2D eigenvalue weighted by molar-refractivity contribution is 0.0685. The number of nitrogens with zero attached hydrogens (tertiary/aromatic N) is 4. The highest BCUT2D eigenvalue weighted by Gasteiger charge is 2.30. The third kappa shape index (κ3) is 3.22. The molecule has 7 nitrogen and oxygen atoms in total. The van der Waals surface area contributed by atoms with Crippen LogP contribution in [-0.2, 0) is 0 Å². The van der Waals surface area contributed by atoms with Crippen LogP contribution < -0.4 is 0 Å². The number of aryl methyl sites for hydroxylation is 1. The van der Waals surface area contributed by atoms with Gasteiger partial charge in [0.25, 0.3) is 5.91 Å². The molecular weight excluding hydrogens is 339 g/mol. The molecule has 26 heavy (non-hydrogen) atoms. The molecule has 134 valence electrons. The smallest absolute Gasteiger partial charge is 0.276 e. The van der Waals surface area contributed by atoms with Crippen molar-refractivity contribution in [3.8, 4) is 11.4 Å². The Bertz CT molecular complexity index is 919. The highest BCUT2D eigenvalue weighted by molar-refractivity contribution is 5.92. The second-order valence-corrected chi connectivity index (χ2v) is 6.38. The average Bonchev–Trinajstić information content (AvgIpc) is 3.31. The number of benzene rings is 1. The van der Waals surface area contributed by atoms with Crippen molar-refractivity contribution in [2.75, 3.05) is 13.1 Å². The fourth-order valence-electron chi connectivity index (χ4n) is 3.11. The summed E-state index contributed by atoms with van der Waals surface area (Å²) in [5, 5.41) is 7.77. The van der Waals surface area contributed by atoms with Gasteiger partial charge in [-0.1, -0.05) is 10.3 Å². The maximum atomic E-state index is 13.0. The molecule has 1 aliphatic rings. The molecule has 1 atom stereocenters. The van der Waals surface area contributed by atoms with Gasteiger partial charge in [-0.05, 0) is 44.0 Å². The minimum atomic E-state index is -0.318. The van der Waals surface area contributed by atoms with Crippen LogP contribution in [0.1, 0.15) is 40.9 Å². The van der Waals surface area contributed by atoms with E-state index >= 15 is 0 Å². The van der Waals surface area contributed by atoms with Crippen LogP contribution in [0.2, 0.25) is 0 Å². The number of piperidine rings is 1. The van der Waals surface area contributed by atoms with Crippen molar-refractivity contribution in [2.24, 2.45) is 0 Å². The molecule has 1 aromatic carbocycles. The van der Waals surface area contributed by atoms with Gasteiger partial charge in [0.15, 0.2) is 5.69 Å². The number of aromatic nitrogens is 3. The van der Waals surface area contributed by atoms with Gasteiger partial charge in [0, 0.05) is 24.7 Å². The predicted octanol–water partition coefficient (Wildman–Crippen LogP) is 3.19. The topological polar surface area (TPSA) is 85.3 Å². The Balaban J connectivity index is 1.49. The molecule has 3 heterocycles. The molecular formula is C18H17FN4O3. The lowest BCUT2D eigenvalue weighted by Crippen LogP contribution is -2.39. The first-order valence-corrected chi connectivity index (χ1v) is 8.42. The van der Waals surface area contributed by atoms with E-state index in [-0.39, 0.29) is 17.6 Å². The van der Waals surface area contributed by atoms with Crippen molar-refractivity contribution in [3.05, 3.63) is 53.5 Å². The van der Waals surface area contributed by atoms with Crippen LogP contribution in [0.25, 0.3) is 11.4 Å². The summed E-state index contributed by atoms with van der Waals surface area (Å²) in [6.45, 7) is 2.88. The first-order chi connectivity index (χ1) is 12.6. The molecule has 0 radical (unpaired) electrons. The molecule has 0 unspecified atom stereocenters. The van der Waals surface area contributed by atoms with Crippen molar-refractivity contribution in [1.29, 1.82) is 0 Å². The molecule has 4 rings (SSSR count). The van der Waals surface area contributed by atoms with E-state index in [4.69, 9.17) is 9.05 Å². The van der Waals surface area contributed by atoms with E-state index in [1.165, 1.54) is 12.1 Å². The van der Waals surface area contributed by atoms with Crippen LogP contribution in [0.4, 0.5) is 4.39 Å². The van der Waals surface area contributed by atoms with Crippen LogP contribution in [0.5, 0.6) is 0 Å². The van der Waals surface area contributed by atoms with Crippen LogP contribution in [0, 0.1) is 12.7 Å². The quantitative estimate of drug-likeness (QED) is 0.716.